The van der Waals surface area contributed by atoms with Crippen LogP contribution >= 0.6 is 0 Å². The predicted octanol–water partition coefficient (Wildman–Crippen LogP) is 3.11. The Kier molecular flexibility index (Phi) is 6.37. The van der Waals surface area contributed by atoms with Crippen LogP contribution in [0.2, 0.25) is 0 Å². The van der Waals surface area contributed by atoms with Gasteiger partial charge in [-0.15, -0.1) is 0 Å². The first-order valence-electron chi connectivity index (χ1n) is 7.01. The van der Waals surface area contributed by atoms with Crippen LogP contribution in [0.4, 0.5) is 0 Å². The Morgan fingerprint density at radius 1 is 1.12 bits per heavy atom. The van der Waals surface area contributed by atoms with Crippen molar-refractivity contribution in [3.05, 3.63) is 0 Å². The number of hydrogen-bond donors (Lipinski definition) is 2. The predicted molar refractivity (Wildman–Crippen MR) is 67.3 cm³/mol. The third kappa shape index (κ3) is 4.42. The third-order valence-electron chi connectivity index (χ3n) is 3.95. The summed E-state index contributed by atoms with van der Waals surface area (Å²) >= 11 is 0. The van der Waals surface area contributed by atoms with Gasteiger partial charge in [0.1, 0.15) is 0 Å². The summed E-state index contributed by atoms with van der Waals surface area (Å²) in [5, 5.41) is 20.1. The second-order valence-electron chi connectivity index (χ2n) is 5.59. The van der Waals surface area contributed by atoms with E-state index in [4.69, 9.17) is 0 Å². The van der Waals surface area contributed by atoms with Crippen LogP contribution in [0.3, 0.4) is 0 Å². The van der Waals surface area contributed by atoms with E-state index in [1.165, 1.54) is 19.3 Å². The van der Waals surface area contributed by atoms with Crippen molar-refractivity contribution in [2.75, 3.05) is 0 Å². The molecule has 0 amide bonds. The third-order valence-corrected chi connectivity index (χ3v) is 3.95. The van der Waals surface area contributed by atoms with Gasteiger partial charge in [0.25, 0.3) is 0 Å². The van der Waals surface area contributed by atoms with Gasteiger partial charge >= 0.3 is 0 Å². The van der Waals surface area contributed by atoms with E-state index >= 15 is 0 Å². The van der Waals surface area contributed by atoms with Crippen molar-refractivity contribution in [1.29, 1.82) is 0 Å². The molecule has 96 valence electrons. The van der Waals surface area contributed by atoms with E-state index in [0.717, 1.165) is 32.1 Å². The van der Waals surface area contributed by atoms with Crippen LogP contribution in [0.15, 0.2) is 0 Å². The highest BCUT2D eigenvalue weighted by atomic mass is 16.3. The van der Waals surface area contributed by atoms with Gasteiger partial charge in [-0.1, -0.05) is 46.0 Å². The van der Waals surface area contributed by atoms with Crippen LogP contribution in [-0.4, -0.2) is 22.4 Å². The summed E-state index contributed by atoms with van der Waals surface area (Å²) in [5.41, 5.74) is 0. The fraction of sp³-hybridized carbons (Fsp3) is 1.00. The van der Waals surface area contributed by atoms with Crippen molar-refractivity contribution in [2.24, 2.45) is 11.8 Å². The molecular formula is C14H28O2. The van der Waals surface area contributed by atoms with Crippen LogP contribution < -0.4 is 0 Å². The van der Waals surface area contributed by atoms with Crippen LogP contribution in [-0.2, 0) is 0 Å². The number of aliphatic hydroxyl groups excluding tert-OH is 2. The molecule has 0 aliphatic heterocycles. The minimum Gasteiger partial charge on any atom is -0.390 e. The highest BCUT2D eigenvalue weighted by Crippen LogP contribution is 2.29. The summed E-state index contributed by atoms with van der Waals surface area (Å²) in [7, 11) is 0. The lowest BCUT2D eigenvalue weighted by molar-refractivity contribution is -0.0369. The molecule has 0 aromatic carbocycles. The Labute approximate surface area is 100 Å². The Morgan fingerprint density at radius 2 is 1.75 bits per heavy atom. The Bertz CT molecular complexity index is 176. The molecule has 3 unspecified atom stereocenters. The molecule has 2 nitrogen and oxygen atoms in total. The van der Waals surface area contributed by atoms with E-state index in [2.05, 4.69) is 13.8 Å². The molecule has 0 saturated heterocycles. The van der Waals surface area contributed by atoms with Crippen molar-refractivity contribution in [3.8, 4) is 0 Å². The summed E-state index contributed by atoms with van der Waals surface area (Å²) < 4.78 is 0. The van der Waals surface area contributed by atoms with Crippen molar-refractivity contribution < 1.29 is 10.2 Å². The SMILES string of the molecule is CCCC(C)CC(O)C(O)C1CCCCC1. The molecule has 0 aromatic rings. The topological polar surface area (TPSA) is 40.5 Å². The molecule has 1 aliphatic rings. The second kappa shape index (κ2) is 7.29. The average molecular weight is 228 g/mol. The van der Waals surface area contributed by atoms with E-state index in [1.54, 1.807) is 0 Å². The van der Waals surface area contributed by atoms with Crippen LogP contribution in [0, 0.1) is 11.8 Å². The zero-order chi connectivity index (χ0) is 12.0. The minimum absolute atomic E-state index is 0.345. The average Bonchev–Trinajstić information content (AvgIpc) is 2.29. The van der Waals surface area contributed by atoms with E-state index in [0.29, 0.717) is 11.8 Å². The number of rotatable bonds is 6. The molecule has 0 aromatic heterocycles. The van der Waals surface area contributed by atoms with Gasteiger partial charge in [0.15, 0.2) is 0 Å². The van der Waals surface area contributed by atoms with E-state index in [-0.39, 0.29) is 0 Å². The Morgan fingerprint density at radius 3 is 2.31 bits per heavy atom. The zero-order valence-electron chi connectivity index (χ0n) is 10.9. The highest BCUT2D eigenvalue weighted by molar-refractivity contribution is 4.79. The van der Waals surface area contributed by atoms with Gasteiger partial charge in [0, 0.05) is 0 Å². The Balaban J connectivity index is 2.30. The van der Waals surface area contributed by atoms with Gasteiger partial charge in [-0.3, -0.25) is 0 Å². The second-order valence-corrected chi connectivity index (χ2v) is 5.59. The molecule has 1 fully saturated rings. The van der Waals surface area contributed by atoms with Crippen molar-refractivity contribution in [3.63, 3.8) is 0 Å². The first kappa shape index (κ1) is 14.0. The molecule has 1 rings (SSSR count). The quantitative estimate of drug-likeness (QED) is 0.733. The number of hydrogen-bond acceptors (Lipinski definition) is 2. The molecule has 0 radical (unpaired) electrons. The maximum absolute atomic E-state index is 10.1. The smallest absolute Gasteiger partial charge is 0.0827 e. The lowest BCUT2D eigenvalue weighted by Gasteiger charge is -2.30. The number of aliphatic hydroxyl groups is 2. The van der Waals surface area contributed by atoms with E-state index in [9.17, 15) is 10.2 Å². The fourth-order valence-corrected chi connectivity index (χ4v) is 2.95. The van der Waals surface area contributed by atoms with Gasteiger partial charge < -0.3 is 10.2 Å². The summed E-state index contributed by atoms with van der Waals surface area (Å²) in [4.78, 5) is 0. The van der Waals surface area contributed by atoms with Crippen LogP contribution in [0.25, 0.3) is 0 Å². The molecular weight excluding hydrogens is 200 g/mol. The van der Waals surface area contributed by atoms with Gasteiger partial charge in [-0.25, -0.2) is 0 Å². The molecule has 0 heterocycles. The first-order valence-corrected chi connectivity index (χ1v) is 7.01. The summed E-state index contributed by atoms with van der Waals surface area (Å²) in [5.74, 6) is 0.871. The van der Waals surface area contributed by atoms with Gasteiger partial charge in [0.2, 0.25) is 0 Å². The standard InChI is InChI=1S/C14H28O2/c1-3-7-11(2)10-13(15)14(16)12-8-5-4-6-9-12/h11-16H,3-10H2,1-2H3. The van der Waals surface area contributed by atoms with Gasteiger partial charge in [0.05, 0.1) is 12.2 Å². The summed E-state index contributed by atoms with van der Waals surface area (Å²) in [6.45, 7) is 4.33. The lowest BCUT2D eigenvalue weighted by atomic mass is 9.81. The fourth-order valence-electron chi connectivity index (χ4n) is 2.95. The molecule has 0 spiro atoms. The van der Waals surface area contributed by atoms with Crippen LogP contribution in [0.5, 0.6) is 0 Å². The monoisotopic (exact) mass is 228 g/mol. The normalized spacial score (nSPS) is 24.0. The van der Waals surface area contributed by atoms with Gasteiger partial charge in [-0.2, -0.15) is 0 Å². The van der Waals surface area contributed by atoms with Gasteiger partial charge in [-0.05, 0) is 31.1 Å². The highest BCUT2D eigenvalue weighted by Gasteiger charge is 2.28. The molecule has 3 atom stereocenters. The lowest BCUT2D eigenvalue weighted by Crippen LogP contribution is -2.35. The molecule has 16 heavy (non-hydrogen) atoms. The molecule has 2 heteroatoms. The van der Waals surface area contributed by atoms with Crippen molar-refractivity contribution >= 4 is 0 Å². The maximum Gasteiger partial charge on any atom is 0.0827 e. The molecule has 1 aliphatic carbocycles. The summed E-state index contributed by atoms with van der Waals surface area (Å²) in [6, 6.07) is 0. The maximum atomic E-state index is 10.1. The molecule has 2 N–H and O–H groups in total. The molecule has 1 saturated carbocycles. The van der Waals surface area contributed by atoms with Crippen LogP contribution in [0.1, 0.15) is 65.2 Å². The minimum atomic E-state index is -0.510. The largest absolute Gasteiger partial charge is 0.390 e. The Hall–Kier alpha value is -0.0800. The van der Waals surface area contributed by atoms with E-state index in [1.807, 2.05) is 0 Å². The summed E-state index contributed by atoms with van der Waals surface area (Å²) in [6.07, 6.45) is 8.00. The van der Waals surface area contributed by atoms with E-state index < -0.39 is 12.2 Å². The van der Waals surface area contributed by atoms with Crippen molar-refractivity contribution in [1.82, 2.24) is 0 Å². The molecule has 0 bridgehead atoms. The zero-order valence-corrected chi connectivity index (χ0v) is 10.9. The first-order chi connectivity index (χ1) is 7.65. The van der Waals surface area contributed by atoms with Crippen molar-refractivity contribution in [2.45, 2.75) is 77.4 Å².